The number of aromatic amines is 1. The van der Waals surface area contributed by atoms with Crippen molar-refractivity contribution in [3.63, 3.8) is 0 Å². The van der Waals surface area contributed by atoms with Crippen LogP contribution in [-0.2, 0) is 7.05 Å². The first-order valence-corrected chi connectivity index (χ1v) is 6.29. The van der Waals surface area contributed by atoms with Crippen LogP contribution in [0.5, 0.6) is 0 Å². The van der Waals surface area contributed by atoms with Gasteiger partial charge in [-0.25, -0.2) is 0 Å². The number of nitrogens with zero attached hydrogens (tertiary/aromatic N) is 3. The molecule has 0 unspecified atom stereocenters. The van der Waals surface area contributed by atoms with Gasteiger partial charge in [-0.05, 0) is 52.8 Å². The first kappa shape index (κ1) is 10.9. The Kier molecular flexibility index (Phi) is 2.31. The average molecular weight is 309 g/mol. The maximum atomic E-state index is 5.01. The summed E-state index contributed by atoms with van der Waals surface area (Å²) in [6.45, 7) is 2.06. The molecular formula is C11H9BrN4S. The Labute approximate surface area is 111 Å². The van der Waals surface area contributed by atoms with Crippen molar-refractivity contribution in [2.45, 2.75) is 6.92 Å². The highest BCUT2D eigenvalue weighted by molar-refractivity contribution is 9.10. The molecule has 0 aliphatic carbocycles. The highest BCUT2D eigenvalue weighted by atomic mass is 79.9. The summed E-state index contributed by atoms with van der Waals surface area (Å²) in [5, 5.41) is 8.10. The van der Waals surface area contributed by atoms with Crippen molar-refractivity contribution in [2.75, 3.05) is 0 Å². The van der Waals surface area contributed by atoms with Gasteiger partial charge in [0.25, 0.3) is 0 Å². The predicted molar refractivity (Wildman–Crippen MR) is 73.6 cm³/mol. The van der Waals surface area contributed by atoms with E-state index in [2.05, 4.69) is 50.2 Å². The fourth-order valence-corrected chi connectivity index (χ4v) is 3.08. The lowest BCUT2D eigenvalue weighted by molar-refractivity contribution is 0.940. The topological polar surface area (TPSA) is 46.5 Å². The standard InChI is InChI=1S/C11H9BrN4S/c1-5-3-6-8-10(13-11(17)15-14-8)16(2)9(6)7(12)4-5/h3-4H,1-2H3,(H,13,15,17). The molecule has 6 heteroatoms. The third-order valence-electron chi connectivity index (χ3n) is 2.80. The molecule has 0 radical (unpaired) electrons. The first-order valence-electron chi connectivity index (χ1n) is 5.09. The van der Waals surface area contributed by atoms with Crippen LogP contribution in [0.4, 0.5) is 0 Å². The molecule has 2 aromatic heterocycles. The van der Waals surface area contributed by atoms with Crippen molar-refractivity contribution in [1.82, 2.24) is 19.7 Å². The number of halogens is 1. The van der Waals surface area contributed by atoms with Gasteiger partial charge in [-0.15, -0.1) is 0 Å². The van der Waals surface area contributed by atoms with E-state index < -0.39 is 0 Å². The minimum Gasteiger partial charge on any atom is -0.326 e. The Morgan fingerprint density at radius 2 is 2.18 bits per heavy atom. The summed E-state index contributed by atoms with van der Waals surface area (Å²) >= 11 is 8.59. The predicted octanol–water partition coefficient (Wildman–Crippen LogP) is 3.25. The van der Waals surface area contributed by atoms with Gasteiger partial charge in [-0.1, -0.05) is 0 Å². The number of benzene rings is 1. The molecule has 86 valence electrons. The van der Waals surface area contributed by atoms with Crippen molar-refractivity contribution in [3.8, 4) is 0 Å². The molecule has 0 saturated heterocycles. The number of nitrogens with one attached hydrogen (secondary N) is 1. The Bertz CT molecular complexity index is 802. The summed E-state index contributed by atoms with van der Waals surface area (Å²) in [5.41, 5.74) is 3.91. The summed E-state index contributed by atoms with van der Waals surface area (Å²) in [6.07, 6.45) is 0. The average Bonchev–Trinajstić information content (AvgIpc) is 2.52. The Morgan fingerprint density at radius 3 is 2.94 bits per heavy atom. The van der Waals surface area contributed by atoms with Gasteiger partial charge in [0, 0.05) is 16.9 Å². The van der Waals surface area contributed by atoms with E-state index in [0.717, 1.165) is 26.5 Å². The number of hydrogen-bond acceptors (Lipinski definition) is 3. The van der Waals surface area contributed by atoms with Crippen LogP contribution in [-0.4, -0.2) is 19.7 Å². The maximum Gasteiger partial charge on any atom is 0.215 e. The lowest BCUT2D eigenvalue weighted by Crippen LogP contribution is -1.93. The van der Waals surface area contributed by atoms with E-state index in [9.17, 15) is 0 Å². The van der Waals surface area contributed by atoms with Gasteiger partial charge in [-0.2, -0.15) is 10.1 Å². The van der Waals surface area contributed by atoms with Crippen molar-refractivity contribution in [2.24, 2.45) is 7.05 Å². The largest absolute Gasteiger partial charge is 0.326 e. The van der Waals surface area contributed by atoms with Gasteiger partial charge in [0.2, 0.25) is 4.77 Å². The van der Waals surface area contributed by atoms with Gasteiger partial charge in [0.1, 0.15) is 5.52 Å². The highest BCUT2D eigenvalue weighted by Gasteiger charge is 2.13. The van der Waals surface area contributed by atoms with Crippen LogP contribution in [0.1, 0.15) is 5.56 Å². The van der Waals surface area contributed by atoms with E-state index in [1.54, 1.807) is 0 Å². The third-order valence-corrected chi connectivity index (χ3v) is 3.59. The second-order valence-corrected chi connectivity index (χ2v) is 5.26. The number of aryl methyl sites for hydroxylation is 2. The van der Waals surface area contributed by atoms with E-state index in [1.807, 2.05) is 11.6 Å². The molecule has 0 fully saturated rings. The summed E-state index contributed by atoms with van der Waals surface area (Å²) in [4.78, 5) is 4.32. The van der Waals surface area contributed by atoms with Crippen LogP contribution in [0.3, 0.4) is 0 Å². The van der Waals surface area contributed by atoms with Crippen LogP contribution in [0.15, 0.2) is 16.6 Å². The Balaban J connectivity index is 2.68. The van der Waals surface area contributed by atoms with Crippen molar-refractivity contribution in [3.05, 3.63) is 26.9 Å². The number of rotatable bonds is 0. The van der Waals surface area contributed by atoms with E-state index in [4.69, 9.17) is 12.2 Å². The van der Waals surface area contributed by atoms with E-state index in [1.165, 1.54) is 5.56 Å². The molecule has 0 aliphatic rings. The van der Waals surface area contributed by atoms with Gasteiger partial charge in [0.15, 0.2) is 5.65 Å². The zero-order chi connectivity index (χ0) is 12.2. The normalized spacial score (nSPS) is 11.5. The highest BCUT2D eigenvalue weighted by Crippen LogP contribution is 2.31. The Hall–Kier alpha value is -1.27. The van der Waals surface area contributed by atoms with E-state index in [-0.39, 0.29) is 0 Å². The van der Waals surface area contributed by atoms with Crippen molar-refractivity contribution >= 4 is 50.2 Å². The van der Waals surface area contributed by atoms with Gasteiger partial charge in [0.05, 0.1) is 5.52 Å². The molecule has 0 spiro atoms. The van der Waals surface area contributed by atoms with Crippen molar-refractivity contribution in [1.29, 1.82) is 0 Å². The monoisotopic (exact) mass is 308 g/mol. The first-order chi connectivity index (χ1) is 8.08. The van der Waals surface area contributed by atoms with E-state index in [0.29, 0.717) is 4.77 Å². The molecule has 0 amide bonds. The van der Waals surface area contributed by atoms with Crippen LogP contribution in [0, 0.1) is 11.7 Å². The number of hydrogen-bond donors (Lipinski definition) is 1. The summed E-state index contributed by atoms with van der Waals surface area (Å²) in [5.74, 6) is 0. The summed E-state index contributed by atoms with van der Waals surface area (Å²) < 4.78 is 3.45. The second kappa shape index (κ2) is 3.61. The molecule has 2 heterocycles. The molecule has 3 aromatic rings. The SMILES string of the molecule is Cc1cc(Br)c2c(c1)c1n[nH]c(=S)nc1n2C. The van der Waals surface area contributed by atoms with Gasteiger partial charge in [-0.3, -0.25) is 5.10 Å². The quantitative estimate of drug-likeness (QED) is 0.648. The fourth-order valence-electron chi connectivity index (χ4n) is 2.10. The lowest BCUT2D eigenvalue weighted by Gasteiger charge is -2.00. The molecule has 17 heavy (non-hydrogen) atoms. The molecule has 1 aromatic carbocycles. The maximum absolute atomic E-state index is 5.01. The van der Waals surface area contributed by atoms with E-state index >= 15 is 0 Å². The van der Waals surface area contributed by atoms with Gasteiger partial charge >= 0.3 is 0 Å². The fraction of sp³-hybridized carbons (Fsp3) is 0.182. The van der Waals surface area contributed by atoms with Crippen molar-refractivity contribution < 1.29 is 0 Å². The van der Waals surface area contributed by atoms with Crippen LogP contribution in [0.2, 0.25) is 0 Å². The smallest absolute Gasteiger partial charge is 0.215 e. The lowest BCUT2D eigenvalue weighted by atomic mass is 10.2. The van der Waals surface area contributed by atoms with Crippen LogP contribution >= 0.6 is 28.1 Å². The Morgan fingerprint density at radius 1 is 1.41 bits per heavy atom. The molecular weight excluding hydrogens is 300 g/mol. The zero-order valence-electron chi connectivity index (χ0n) is 9.28. The molecule has 3 rings (SSSR count). The molecule has 0 saturated carbocycles. The molecule has 0 bridgehead atoms. The summed E-state index contributed by atoms with van der Waals surface area (Å²) in [7, 11) is 1.97. The second-order valence-electron chi connectivity index (χ2n) is 4.01. The summed E-state index contributed by atoms with van der Waals surface area (Å²) in [6, 6.07) is 4.19. The molecule has 0 atom stereocenters. The number of fused-ring (bicyclic) bond motifs is 3. The van der Waals surface area contributed by atoms with Crippen LogP contribution in [0.25, 0.3) is 22.1 Å². The minimum absolute atomic E-state index is 0.399. The van der Waals surface area contributed by atoms with Gasteiger partial charge < -0.3 is 4.57 Å². The number of aromatic nitrogens is 4. The molecule has 0 aliphatic heterocycles. The molecule has 1 N–H and O–H groups in total. The number of H-pyrrole nitrogens is 1. The zero-order valence-corrected chi connectivity index (χ0v) is 11.7. The van der Waals surface area contributed by atoms with Crippen LogP contribution < -0.4 is 0 Å². The molecule has 4 nitrogen and oxygen atoms in total. The minimum atomic E-state index is 0.399. The third kappa shape index (κ3) is 1.51.